The number of likely N-dealkylation sites (N-methyl/N-ethyl adjacent to an activating group) is 1. The number of aliphatic carboxylic acids is 1. The Morgan fingerprint density at radius 2 is 1.95 bits per heavy atom. The molecular weight excluding hydrogens is 264 g/mol. The zero-order valence-corrected chi connectivity index (χ0v) is 12.3. The average Bonchev–Trinajstić information content (AvgIpc) is 2.33. The van der Waals surface area contributed by atoms with Gasteiger partial charge in [0.2, 0.25) is 11.8 Å². The molecule has 20 heavy (non-hydrogen) atoms. The van der Waals surface area contributed by atoms with Gasteiger partial charge in [0.05, 0.1) is 6.54 Å². The van der Waals surface area contributed by atoms with Crippen molar-refractivity contribution in [3.05, 3.63) is 0 Å². The fourth-order valence-corrected chi connectivity index (χ4v) is 1.63. The van der Waals surface area contributed by atoms with Gasteiger partial charge in [0, 0.05) is 40.2 Å². The Morgan fingerprint density at radius 1 is 1.30 bits per heavy atom. The highest BCUT2D eigenvalue weighted by atomic mass is 16.5. The molecule has 0 aromatic heterocycles. The van der Waals surface area contributed by atoms with Gasteiger partial charge in [0.25, 0.3) is 0 Å². The van der Waals surface area contributed by atoms with Gasteiger partial charge < -0.3 is 20.1 Å². The van der Waals surface area contributed by atoms with E-state index in [0.717, 1.165) is 6.42 Å². The highest BCUT2D eigenvalue weighted by Crippen LogP contribution is 2.09. The fourth-order valence-electron chi connectivity index (χ4n) is 1.63. The van der Waals surface area contributed by atoms with E-state index >= 15 is 0 Å². The summed E-state index contributed by atoms with van der Waals surface area (Å²) in [5, 5.41) is 11.3. The van der Waals surface area contributed by atoms with E-state index in [1.54, 1.807) is 14.0 Å². The normalized spacial score (nSPS) is 11.8. The van der Waals surface area contributed by atoms with Crippen LogP contribution in [0.5, 0.6) is 0 Å². The lowest BCUT2D eigenvalue weighted by Crippen LogP contribution is -2.39. The Morgan fingerprint density at radius 3 is 2.50 bits per heavy atom. The highest BCUT2D eigenvalue weighted by Gasteiger charge is 2.17. The summed E-state index contributed by atoms with van der Waals surface area (Å²) in [4.78, 5) is 35.1. The summed E-state index contributed by atoms with van der Waals surface area (Å²) >= 11 is 0. The first kappa shape index (κ1) is 18.4. The van der Waals surface area contributed by atoms with Gasteiger partial charge in [-0.2, -0.15) is 0 Å². The molecular formula is C13H24N2O5. The van der Waals surface area contributed by atoms with E-state index in [2.05, 4.69) is 5.32 Å². The molecule has 0 saturated carbocycles. The van der Waals surface area contributed by atoms with Crippen LogP contribution in [0.25, 0.3) is 0 Å². The van der Waals surface area contributed by atoms with Gasteiger partial charge in [0.1, 0.15) is 0 Å². The Kier molecular flexibility index (Phi) is 9.36. The largest absolute Gasteiger partial charge is 0.481 e. The number of methoxy groups -OCH3 is 1. The molecule has 0 aliphatic carbocycles. The van der Waals surface area contributed by atoms with Crippen molar-refractivity contribution in [1.29, 1.82) is 0 Å². The van der Waals surface area contributed by atoms with Crippen molar-refractivity contribution < 1.29 is 24.2 Å². The second-order valence-corrected chi connectivity index (χ2v) is 4.85. The zero-order chi connectivity index (χ0) is 15.5. The minimum absolute atomic E-state index is 0.0222. The van der Waals surface area contributed by atoms with E-state index in [0.29, 0.717) is 13.2 Å². The van der Waals surface area contributed by atoms with Gasteiger partial charge in [-0.1, -0.05) is 6.92 Å². The molecule has 0 saturated heterocycles. The van der Waals surface area contributed by atoms with Crippen molar-refractivity contribution >= 4 is 17.8 Å². The van der Waals surface area contributed by atoms with Gasteiger partial charge in [0.15, 0.2) is 0 Å². The molecule has 2 N–H and O–H groups in total. The van der Waals surface area contributed by atoms with E-state index in [4.69, 9.17) is 9.84 Å². The number of nitrogens with one attached hydrogen (secondary N) is 1. The summed E-state index contributed by atoms with van der Waals surface area (Å²) in [6.45, 7) is 2.75. The van der Waals surface area contributed by atoms with E-state index in [9.17, 15) is 14.4 Å². The number of carboxylic acid groups (broad SMARTS) is 1. The van der Waals surface area contributed by atoms with Crippen LogP contribution >= 0.6 is 0 Å². The molecule has 0 fully saturated rings. The van der Waals surface area contributed by atoms with Gasteiger partial charge in [-0.3, -0.25) is 14.4 Å². The smallest absolute Gasteiger partial charge is 0.303 e. The minimum atomic E-state index is -0.927. The molecule has 2 amide bonds. The first-order valence-corrected chi connectivity index (χ1v) is 6.58. The maximum Gasteiger partial charge on any atom is 0.303 e. The molecule has 7 heteroatoms. The van der Waals surface area contributed by atoms with Crippen LogP contribution in [0.15, 0.2) is 0 Å². The van der Waals surface area contributed by atoms with Crippen LogP contribution in [0.4, 0.5) is 0 Å². The molecule has 0 spiro atoms. The molecule has 0 radical (unpaired) electrons. The van der Waals surface area contributed by atoms with Crippen molar-refractivity contribution in [2.75, 3.05) is 33.9 Å². The van der Waals surface area contributed by atoms with E-state index < -0.39 is 5.97 Å². The number of hydrogen-bond acceptors (Lipinski definition) is 4. The Balaban J connectivity index is 3.94. The summed E-state index contributed by atoms with van der Waals surface area (Å²) in [5.41, 5.74) is 0. The van der Waals surface area contributed by atoms with Crippen LogP contribution in [-0.2, 0) is 19.1 Å². The molecule has 7 nitrogen and oxygen atoms in total. The van der Waals surface area contributed by atoms with E-state index in [-0.39, 0.29) is 37.1 Å². The average molecular weight is 288 g/mol. The summed E-state index contributed by atoms with van der Waals surface area (Å²) in [6, 6.07) is 0. The summed E-state index contributed by atoms with van der Waals surface area (Å²) in [7, 11) is 3.12. The Labute approximate surface area is 119 Å². The fraction of sp³-hybridized carbons (Fsp3) is 0.769. The van der Waals surface area contributed by atoms with E-state index in [1.165, 1.54) is 11.9 Å². The van der Waals surface area contributed by atoms with Crippen LogP contribution in [0.1, 0.15) is 26.2 Å². The lowest BCUT2D eigenvalue weighted by molar-refractivity contribution is -0.139. The third kappa shape index (κ3) is 9.32. The predicted octanol–water partition coefficient (Wildman–Crippen LogP) is 0.0984. The summed E-state index contributed by atoms with van der Waals surface area (Å²) < 4.78 is 4.85. The molecule has 1 atom stereocenters. The molecule has 116 valence electrons. The molecule has 0 aliphatic heterocycles. The van der Waals surface area contributed by atoms with Gasteiger partial charge >= 0.3 is 5.97 Å². The SMILES string of the molecule is COCCCNC(=O)CN(C)C(=O)CC(C)CC(=O)O. The predicted molar refractivity (Wildman–Crippen MR) is 73.2 cm³/mol. The molecule has 0 heterocycles. The van der Waals surface area contributed by atoms with Gasteiger partial charge in [-0.05, 0) is 12.3 Å². The second-order valence-electron chi connectivity index (χ2n) is 4.85. The quantitative estimate of drug-likeness (QED) is 0.556. The molecule has 0 rings (SSSR count). The van der Waals surface area contributed by atoms with Crippen molar-refractivity contribution in [2.24, 2.45) is 5.92 Å². The number of carboxylic acids is 1. The topological polar surface area (TPSA) is 95.9 Å². The van der Waals surface area contributed by atoms with Gasteiger partial charge in [-0.15, -0.1) is 0 Å². The number of carbonyl (C=O) groups excluding carboxylic acids is 2. The van der Waals surface area contributed by atoms with Crippen molar-refractivity contribution in [2.45, 2.75) is 26.2 Å². The van der Waals surface area contributed by atoms with Crippen molar-refractivity contribution in [3.63, 3.8) is 0 Å². The Hall–Kier alpha value is -1.63. The molecule has 0 aromatic carbocycles. The first-order valence-electron chi connectivity index (χ1n) is 6.58. The summed E-state index contributed by atoms with van der Waals surface area (Å²) in [5.74, 6) is -1.63. The standard InChI is InChI=1S/C13H24N2O5/c1-10(8-13(18)19)7-12(17)15(2)9-11(16)14-5-4-6-20-3/h10H,4-9H2,1-3H3,(H,14,16)(H,18,19). The van der Waals surface area contributed by atoms with Crippen molar-refractivity contribution in [3.8, 4) is 0 Å². The molecule has 1 unspecified atom stereocenters. The number of amides is 2. The maximum atomic E-state index is 11.8. The third-order valence-corrected chi connectivity index (χ3v) is 2.70. The second kappa shape index (κ2) is 10.2. The molecule has 0 bridgehead atoms. The zero-order valence-electron chi connectivity index (χ0n) is 12.3. The summed E-state index contributed by atoms with van der Waals surface area (Å²) in [6.07, 6.45) is 0.790. The number of hydrogen-bond donors (Lipinski definition) is 2. The van der Waals surface area contributed by atoms with E-state index in [1.807, 2.05) is 0 Å². The van der Waals surface area contributed by atoms with Crippen LogP contribution in [0, 0.1) is 5.92 Å². The third-order valence-electron chi connectivity index (χ3n) is 2.70. The number of rotatable bonds is 10. The number of ether oxygens (including phenoxy) is 1. The Bertz CT molecular complexity index is 333. The van der Waals surface area contributed by atoms with Gasteiger partial charge in [-0.25, -0.2) is 0 Å². The monoisotopic (exact) mass is 288 g/mol. The molecule has 0 aliphatic rings. The number of nitrogens with zero attached hydrogens (tertiary/aromatic N) is 1. The van der Waals surface area contributed by atoms with Crippen LogP contribution in [-0.4, -0.2) is 61.6 Å². The lowest BCUT2D eigenvalue weighted by Gasteiger charge is -2.18. The van der Waals surface area contributed by atoms with Crippen LogP contribution in [0.3, 0.4) is 0 Å². The number of carbonyl (C=O) groups is 3. The first-order chi connectivity index (χ1) is 9.36. The molecule has 0 aromatic rings. The van der Waals surface area contributed by atoms with Crippen LogP contribution in [0.2, 0.25) is 0 Å². The van der Waals surface area contributed by atoms with Crippen LogP contribution < -0.4 is 5.32 Å². The maximum absolute atomic E-state index is 11.8. The van der Waals surface area contributed by atoms with Crippen molar-refractivity contribution in [1.82, 2.24) is 10.2 Å². The highest BCUT2D eigenvalue weighted by molar-refractivity contribution is 5.84. The minimum Gasteiger partial charge on any atom is -0.481 e. The lowest BCUT2D eigenvalue weighted by atomic mass is 10.0.